The molecule has 18 heavy (non-hydrogen) atoms. The van der Waals surface area contributed by atoms with Gasteiger partial charge in [-0.15, -0.1) is 0 Å². The molecule has 0 spiro atoms. The van der Waals surface area contributed by atoms with E-state index in [1.54, 1.807) is 0 Å². The largest absolute Gasteiger partial charge is 0.494 e. The first-order valence-corrected chi connectivity index (χ1v) is 6.43. The van der Waals surface area contributed by atoms with Gasteiger partial charge in [-0.25, -0.2) is 9.78 Å². The number of aromatic nitrogens is 1. The van der Waals surface area contributed by atoms with Crippen LogP contribution in [0.2, 0.25) is 0 Å². The van der Waals surface area contributed by atoms with Gasteiger partial charge in [-0.05, 0) is 24.6 Å². The van der Waals surface area contributed by atoms with Crippen LogP contribution in [0.1, 0.15) is 13.3 Å². The predicted molar refractivity (Wildman–Crippen MR) is 71.4 cm³/mol. The number of hydrogen-bond donors (Lipinski definition) is 1. The average molecular weight is 266 g/mol. The maximum Gasteiger partial charge on any atom is 0.413 e. The molecule has 0 aliphatic rings. The summed E-state index contributed by atoms with van der Waals surface area (Å²) < 4.78 is 11.0. The summed E-state index contributed by atoms with van der Waals surface area (Å²) in [6.45, 7) is 2.75. The lowest BCUT2D eigenvalue weighted by atomic mass is 10.3. The van der Waals surface area contributed by atoms with E-state index in [1.807, 2.05) is 18.2 Å². The number of carbonyl (C=O) groups excluding carboxylic acids is 1. The van der Waals surface area contributed by atoms with Crippen molar-refractivity contribution in [1.82, 2.24) is 4.98 Å². The van der Waals surface area contributed by atoms with Crippen molar-refractivity contribution in [1.29, 1.82) is 0 Å². The second-order valence-corrected chi connectivity index (χ2v) is 4.64. The van der Waals surface area contributed by atoms with Crippen LogP contribution in [-0.2, 0) is 4.74 Å². The van der Waals surface area contributed by atoms with Crippen molar-refractivity contribution in [2.45, 2.75) is 13.3 Å². The van der Waals surface area contributed by atoms with Gasteiger partial charge in [0.05, 0.1) is 23.9 Å². The lowest BCUT2D eigenvalue weighted by Gasteiger charge is -2.02. The molecule has 0 unspecified atom stereocenters. The zero-order chi connectivity index (χ0) is 13.0. The molecule has 1 heterocycles. The van der Waals surface area contributed by atoms with Crippen molar-refractivity contribution >= 4 is 32.8 Å². The van der Waals surface area contributed by atoms with Gasteiger partial charge in [0.2, 0.25) is 0 Å². The molecule has 2 rings (SSSR count). The zero-order valence-corrected chi connectivity index (χ0v) is 11.0. The van der Waals surface area contributed by atoms with Crippen molar-refractivity contribution in [3.63, 3.8) is 0 Å². The fourth-order valence-electron chi connectivity index (χ4n) is 1.41. The lowest BCUT2D eigenvalue weighted by molar-refractivity contribution is 0.187. The Morgan fingerprint density at radius 3 is 3.06 bits per heavy atom. The smallest absolute Gasteiger partial charge is 0.413 e. The van der Waals surface area contributed by atoms with Gasteiger partial charge >= 0.3 is 6.09 Å². The Balaban J connectivity index is 2.19. The van der Waals surface area contributed by atoms with Crippen LogP contribution < -0.4 is 10.1 Å². The highest BCUT2D eigenvalue weighted by Gasteiger charge is 2.08. The van der Waals surface area contributed by atoms with Crippen LogP contribution in [0.4, 0.5) is 9.93 Å². The first-order valence-electron chi connectivity index (χ1n) is 5.61. The van der Waals surface area contributed by atoms with E-state index in [2.05, 4.69) is 22.0 Å². The maximum atomic E-state index is 11.1. The van der Waals surface area contributed by atoms with E-state index in [4.69, 9.17) is 4.74 Å². The molecule has 1 N–H and O–H groups in total. The average Bonchev–Trinajstić information content (AvgIpc) is 2.77. The number of amides is 1. The van der Waals surface area contributed by atoms with E-state index in [0.29, 0.717) is 11.7 Å². The Bertz CT molecular complexity index is 553. The summed E-state index contributed by atoms with van der Waals surface area (Å²) in [5.41, 5.74) is 0.829. The van der Waals surface area contributed by atoms with Crippen molar-refractivity contribution in [2.24, 2.45) is 0 Å². The summed E-state index contributed by atoms with van der Waals surface area (Å²) in [5.74, 6) is 0.817. The fourth-order valence-corrected chi connectivity index (χ4v) is 2.29. The second kappa shape index (κ2) is 5.68. The standard InChI is InChI=1S/C12H14N2O3S/c1-3-6-17-8-4-5-9-10(7-8)18-11(13-9)14-12(15)16-2/h4-5,7H,3,6H2,1-2H3,(H,13,14,15). The van der Waals surface area contributed by atoms with Crippen LogP contribution in [-0.4, -0.2) is 24.8 Å². The molecule has 0 aliphatic heterocycles. The third-order valence-electron chi connectivity index (χ3n) is 2.23. The van der Waals surface area contributed by atoms with Crippen LogP contribution in [0.25, 0.3) is 10.2 Å². The molecule has 2 aromatic rings. The number of ether oxygens (including phenoxy) is 2. The summed E-state index contributed by atoms with van der Waals surface area (Å²) in [7, 11) is 1.32. The molecular formula is C12H14N2O3S. The van der Waals surface area contributed by atoms with Gasteiger partial charge in [-0.2, -0.15) is 0 Å². The van der Waals surface area contributed by atoms with Crippen LogP contribution in [0.15, 0.2) is 18.2 Å². The number of thiazole rings is 1. The summed E-state index contributed by atoms with van der Waals surface area (Å²) in [4.78, 5) is 15.3. The van der Waals surface area contributed by atoms with E-state index in [9.17, 15) is 4.79 Å². The highest BCUT2D eigenvalue weighted by molar-refractivity contribution is 7.22. The zero-order valence-electron chi connectivity index (χ0n) is 10.2. The number of benzene rings is 1. The maximum absolute atomic E-state index is 11.1. The third-order valence-corrected chi connectivity index (χ3v) is 3.16. The van der Waals surface area contributed by atoms with Gasteiger partial charge in [0.15, 0.2) is 5.13 Å². The molecular weight excluding hydrogens is 252 g/mol. The highest BCUT2D eigenvalue weighted by Crippen LogP contribution is 2.29. The third kappa shape index (κ3) is 2.89. The minimum absolute atomic E-state index is 0.517. The molecule has 6 heteroatoms. The van der Waals surface area contributed by atoms with Crippen LogP contribution in [0, 0.1) is 0 Å². The summed E-state index contributed by atoms with van der Waals surface area (Å²) in [6, 6.07) is 5.67. The fraction of sp³-hybridized carbons (Fsp3) is 0.333. The minimum Gasteiger partial charge on any atom is -0.494 e. The van der Waals surface area contributed by atoms with Crippen LogP contribution >= 0.6 is 11.3 Å². The molecule has 0 fully saturated rings. The summed E-state index contributed by atoms with van der Waals surface area (Å²) in [5, 5.41) is 3.07. The molecule has 0 bridgehead atoms. The quantitative estimate of drug-likeness (QED) is 0.922. The minimum atomic E-state index is -0.517. The predicted octanol–water partition coefficient (Wildman–Crippen LogP) is 3.26. The monoisotopic (exact) mass is 266 g/mol. The Kier molecular flexibility index (Phi) is 3.99. The number of methoxy groups -OCH3 is 1. The SMILES string of the molecule is CCCOc1ccc2nc(NC(=O)OC)sc2c1. The topological polar surface area (TPSA) is 60.5 Å². The van der Waals surface area contributed by atoms with Crippen molar-refractivity contribution < 1.29 is 14.3 Å². The van der Waals surface area contributed by atoms with Gasteiger partial charge in [-0.1, -0.05) is 18.3 Å². The number of rotatable bonds is 4. The van der Waals surface area contributed by atoms with Gasteiger partial charge in [0, 0.05) is 0 Å². The van der Waals surface area contributed by atoms with E-state index in [0.717, 1.165) is 22.4 Å². The van der Waals surface area contributed by atoms with E-state index in [1.165, 1.54) is 18.4 Å². The molecule has 0 aliphatic carbocycles. The Morgan fingerprint density at radius 1 is 1.50 bits per heavy atom. The molecule has 1 amide bonds. The first-order chi connectivity index (χ1) is 8.72. The molecule has 1 aromatic heterocycles. The molecule has 0 saturated heterocycles. The van der Waals surface area contributed by atoms with Crippen molar-refractivity contribution in [3.8, 4) is 5.75 Å². The molecule has 1 aromatic carbocycles. The molecule has 5 nitrogen and oxygen atoms in total. The highest BCUT2D eigenvalue weighted by atomic mass is 32.1. The molecule has 0 saturated carbocycles. The molecule has 0 atom stereocenters. The van der Waals surface area contributed by atoms with Crippen molar-refractivity contribution in [3.05, 3.63) is 18.2 Å². The van der Waals surface area contributed by atoms with Crippen LogP contribution in [0.5, 0.6) is 5.75 Å². The number of anilines is 1. The Labute approximate surface area is 109 Å². The summed E-state index contributed by atoms with van der Waals surface area (Å²) >= 11 is 1.39. The van der Waals surface area contributed by atoms with Gasteiger partial charge in [0.1, 0.15) is 5.75 Å². The second-order valence-electron chi connectivity index (χ2n) is 3.61. The Morgan fingerprint density at radius 2 is 2.33 bits per heavy atom. The number of nitrogens with zero attached hydrogens (tertiary/aromatic N) is 1. The normalized spacial score (nSPS) is 10.3. The number of fused-ring (bicyclic) bond motifs is 1. The van der Waals surface area contributed by atoms with E-state index in [-0.39, 0.29) is 0 Å². The first kappa shape index (κ1) is 12.6. The molecule has 0 radical (unpaired) electrons. The van der Waals surface area contributed by atoms with Crippen LogP contribution in [0.3, 0.4) is 0 Å². The Hall–Kier alpha value is -1.82. The number of carbonyl (C=O) groups is 1. The molecule has 96 valence electrons. The van der Waals surface area contributed by atoms with Crippen molar-refractivity contribution in [2.75, 3.05) is 19.0 Å². The lowest BCUT2D eigenvalue weighted by Crippen LogP contribution is -2.10. The van der Waals surface area contributed by atoms with E-state index < -0.39 is 6.09 Å². The van der Waals surface area contributed by atoms with Gasteiger partial charge in [0.25, 0.3) is 0 Å². The van der Waals surface area contributed by atoms with Gasteiger partial charge in [-0.3, -0.25) is 5.32 Å². The number of nitrogens with one attached hydrogen (secondary N) is 1. The van der Waals surface area contributed by atoms with E-state index >= 15 is 0 Å². The number of hydrogen-bond acceptors (Lipinski definition) is 5. The van der Waals surface area contributed by atoms with Gasteiger partial charge < -0.3 is 9.47 Å². The summed E-state index contributed by atoms with van der Waals surface area (Å²) in [6.07, 6.45) is 0.451.